The highest BCUT2D eigenvalue weighted by Crippen LogP contribution is 2.24. The van der Waals surface area contributed by atoms with Crippen molar-refractivity contribution in [2.75, 3.05) is 19.7 Å². The third-order valence-electron chi connectivity index (χ3n) is 3.18. The van der Waals surface area contributed by atoms with Gasteiger partial charge in [0.1, 0.15) is 0 Å². The van der Waals surface area contributed by atoms with Crippen molar-refractivity contribution in [2.45, 2.75) is 44.6 Å². The van der Waals surface area contributed by atoms with E-state index in [9.17, 15) is 9.59 Å². The predicted molar refractivity (Wildman–Crippen MR) is 66.3 cm³/mol. The zero-order valence-corrected chi connectivity index (χ0v) is 10.6. The minimum Gasteiger partial charge on any atom is -0.481 e. The van der Waals surface area contributed by atoms with E-state index < -0.39 is 5.97 Å². The van der Waals surface area contributed by atoms with Crippen LogP contribution in [-0.2, 0) is 4.79 Å². The van der Waals surface area contributed by atoms with Gasteiger partial charge in [-0.15, -0.1) is 0 Å². The van der Waals surface area contributed by atoms with E-state index in [0.29, 0.717) is 25.9 Å². The van der Waals surface area contributed by atoms with Crippen LogP contribution in [0.15, 0.2) is 0 Å². The average Bonchev–Trinajstić information content (AvgIpc) is 2.26. The van der Waals surface area contributed by atoms with Gasteiger partial charge in [-0.25, -0.2) is 4.79 Å². The summed E-state index contributed by atoms with van der Waals surface area (Å²) in [4.78, 5) is 24.0. The molecule has 18 heavy (non-hydrogen) atoms. The lowest BCUT2D eigenvalue weighted by Crippen LogP contribution is -2.49. The Morgan fingerprint density at radius 1 is 1.28 bits per heavy atom. The molecule has 0 bridgehead atoms. The lowest BCUT2D eigenvalue weighted by molar-refractivity contribution is -0.137. The number of carboxylic acids is 1. The van der Waals surface area contributed by atoms with E-state index in [2.05, 4.69) is 5.32 Å². The van der Waals surface area contributed by atoms with Gasteiger partial charge in [0.05, 0.1) is 0 Å². The molecule has 0 atom stereocenters. The third kappa shape index (κ3) is 4.91. The number of carbonyl (C=O) groups is 2. The van der Waals surface area contributed by atoms with Crippen molar-refractivity contribution < 1.29 is 19.8 Å². The van der Waals surface area contributed by atoms with E-state index in [4.69, 9.17) is 10.2 Å². The van der Waals surface area contributed by atoms with Gasteiger partial charge in [-0.05, 0) is 32.1 Å². The van der Waals surface area contributed by atoms with Crippen LogP contribution in [0.2, 0.25) is 0 Å². The van der Waals surface area contributed by atoms with E-state index >= 15 is 0 Å². The van der Waals surface area contributed by atoms with Crippen LogP contribution in [0.3, 0.4) is 0 Å². The summed E-state index contributed by atoms with van der Waals surface area (Å²) in [5.74, 6) is -0.847. The molecule has 0 aromatic carbocycles. The smallest absolute Gasteiger partial charge is 0.317 e. The van der Waals surface area contributed by atoms with Gasteiger partial charge >= 0.3 is 12.0 Å². The average molecular weight is 258 g/mol. The van der Waals surface area contributed by atoms with E-state index in [0.717, 1.165) is 19.3 Å². The molecule has 1 fully saturated rings. The number of carbonyl (C=O) groups excluding carboxylic acids is 1. The van der Waals surface area contributed by atoms with Crippen LogP contribution >= 0.6 is 0 Å². The Morgan fingerprint density at radius 2 is 2.00 bits per heavy atom. The maximum absolute atomic E-state index is 11.9. The maximum atomic E-state index is 11.9. The number of carboxylic acid groups (broad SMARTS) is 1. The Labute approximate surface area is 107 Å². The van der Waals surface area contributed by atoms with Crippen molar-refractivity contribution in [3.05, 3.63) is 0 Å². The van der Waals surface area contributed by atoms with Crippen molar-refractivity contribution in [3.63, 3.8) is 0 Å². The number of aliphatic carboxylic acids is 1. The third-order valence-corrected chi connectivity index (χ3v) is 3.18. The molecule has 1 rings (SSSR count). The van der Waals surface area contributed by atoms with E-state index in [-0.39, 0.29) is 25.1 Å². The van der Waals surface area contributed by atoms with Gasteiger partial charge in [-0.3, -0.25) is 4.79 Å². The molecule has 0 spiro atoms. The highest BCUT2D eigenvalue weighted by Gasteiger charge is 2.27. The Hall–Kier alpha value is -1.30. The normalized spacial score (nSPS) is 14.9. The molecule has 0 heterocycles. The molecule has 0 aromatic rings. The number of aliphatic hydroxyl groups is 1. The molecular weight excluding hydrogens is 236 g/mol. The first kappa shape index (κ1) is 14.8. The van der Waals surface area contributed by atoms with E-state index in [1.807, 2.05) is 0 Å². The van der Waals surface area contributed by atoms with Crippen LogP contribution in [0.25, 0.3) is 0 Å². The van der Waals surface area contributed by atoms with E-state index in [1.165, 1.54) is 0 Å². The SMILES string of the molecule is O=C(O)CCCNC(=O)N(CCCO)C1CCC1. The monoisotopic (exact) mass is 258 g/mol. The van der Waals surface area contributed by atoms with Gasteiger partial charge in [0, 0.05) is 32.2 Å². The van der Waals surface area contributed by atoms with Crippen LogP contribution < -0.4 is 5.32 Å². The molecule has 0 radical (unpaired) electrons. The molecule has 104 valence electrons. The Morgan fingerprint density at radius 3 is 2.50 bits per heavy atom. The lowest BCUT2D eigenvalue weighted by Gasteiger charge is -2.37. The number of nitrogens with one attached hydrogen (secondary N) is 1. The summed E-state index contributed by atoms with van der Waals surface area (Å²) in [5.41, 5.74) is 0. The second-order valence-electron chi connectivity index (χ2n) is 4.58. The molecule has 0 unspecified atom stereocenters. The van der Waals surface area contributed by atoms with Crippen LogP contribution in [0.5, 0.6) is 0 Å². The molecule has 1 aliphatic rings. The summed E-state index contributed by atoms with van der Waals surface area (Å²) in [6.07, 6.45) is 4.29. The number of hydrogen-bond donors (Lipinski definition) is 3. The second kappa shape index (κ2) is 7.92. The summed E-state index contributed by atoms with van der Waals surface area (Å²) in [7, 11) is 0. The Kier molecular flexibility index (Phi) is 6.49. The number of nitrogens with zero attached hydrogens (tertiary/aromatic N) is 1. The fraction of sp³-hybridized carbons (Fsp3) is 0.833. The lowest BCUT2D eigenvalue weighted by atomic mass is 9.91. The first-order valence-corrected chi connectivity index (χ1v) is 6.52. The van der Waals surface area contributed by atoms with Gasteiger partial charge in [0.25, 0.3) is 0 Å². The zero-order chi connectivity index (χ0) is 13.4. The molecule has 0 aliphatic heterocycles. The fourth-order valence-corrected chi connectivity index (χ4v) is 1.93. The molecule has 0 saturated heterocycles. The van der Waals surface area contributed by atoms with Crippen LogP contribution in [0.1, 0.15) is 38.5 Å². The first-order chi connectivity index (χ1) is 8.65. The summed E-state index contributed by atoms with van der Waals surface area (Å²) in [5, 5.41) is 20.0. The zero-order valence-electron chi connectivity index (χ0n) is 10.6. The number of urea groups is 1. The minimum atomic E-state index is -0.847. The predicted octanol–water partition coefficient (Wildman–Crippen LogP) is 0.798. The topological polar surface area (TPSA) is 89.9 Å². The molecule has 3 N–H and O–H groups in total. The second-order valence-corrected chi connectivity index (χ2v) is 4.58. The number of aliphatic hydroxyl groups excluding tert-OH is 1. The largest absolute Gasteiger partial charge is 0.481 e. The van der Waals surface area contributed by atoms with Crippen molar-refractivity contribution >= 4 is 12.0 Å². The van der Waals surface area contributed by atoms with Crippen LogP contribution in [-0.4, -0.2) is 52.9 Å². The van der Waals surface area contributed by atoms with Crippen molar-refractivity contribution in [1.29, 1.82) is 0 Å². The molecule has 6 nitrogen and oxygen atoms in total. The minimum absolute atomic E-state index is 0.0698. The highest BCUT2D eigenvalue weighted by atomic mass is 16.4. The summed E-state index contributed by atoms with van der Waals surface area (Å²) >= 11 is 0. The standard InChI is InChI=1S/C12H22N2O4/c15-9-3-8-14(10-4-1-5-10)12(18)13-7-2-6-11(16)17/h10,15H,1-9H2,(H,13,18)(H,16,17). The van der Waals surface area contributed by atoms with Gasteiger partial charge in [0.2, 0.25) is 0 Å². The first-order valence-electron chi connectivity index (χ1n) is 6.52. The molecular formula is C12H22N2O4. The Bertz CT molecular complexity index is 279. The molecule has 1 aliphatic carbocycles. The summed E-state index contributed by atoms with van der Waals surface area (Å²) in [6, 6.07) is 0.148. The molecule has 6 heteroatoms. The quantitative estimate of drug-likeness (QED) is 0.562. The van der Waals surface area contributed by atoms with Crippen molar-refractivity contribution in [2.24, 2.45) is 0 Å². The van der Waals surface area contributed by atoms with Gasteiger partial charge in [-0.2, -0.15) is 0 Å². The van der Waals surface area contributed by atoms with Crippen LogP contribution in [0, 0.1) is 0 Å². The molecule has 1 saturated carbocycles. The number of rotatable bonds is 8. The molecule has 2 amide bonds. The Balaban J connectivity index is 2.27. The van der Waals surface area contributed by atoms with Gasteiger partial charge in [-0.1, -0.05) is 0 Å². The van der Waals surface area contributed by atoms with Gasteiger partial charge in [0.15, 0.2) is 0 Å². The summed E-state index contributed by atoms with van der Waals surface area (Å²) < 4.78 is 0. The van der Waals surface area contributed by atoms with Crippen LogP contribution in [0.4, 0.5) is 4.79 Å². The maximum Gasteiger partial charge on any atom is 0.317 e. The van der Waals surface area contributed by atoms with Crippen molar-refractivity contribution in [1.82, 2.24) is 10.2 Å². The molecule has 0 aromatic heterocycles. The highest BCUT2D eigenvalue weighted by molar-refractivity contribution is 5.74. The van der Waals surface area contributed by atoms with Gasteiger partial charge < -0.3 is 20.4 Å². The number of amides is 2. The fourth-order valence-electron chi connectivity index (χ4n) is 1.93. The van der Waals surface area contributed by atoms with E-state index in [1.54, 1.807) is 4.90 Å². The summed E-state index contributed by atoms with van der Waals surface area (Å²) in [6.45, 7) is 1.02. The van der Waals surface area contributed by atoms with Crippen molar-refractivity contribution in [3.8, 4) is 0 Å². The number of hydrogen-bond acceptors (Lipinski definition) is 3.